The van der Waals surface area contributed by atoms with Gasteiger partial charge in [0.1, 0.15) is 5.01 Å². The van der Waals surface area contributed by atoms with Gasteiger partial charge in [-0.2, -0.15) is 0 Å². The summed E-state index contributed by atoms with van der Waals surface area (Å²) in [5.41, 5.74) is 2.63. The van der Waals surface area contributed by atoms with E-state index in [9.17, 15) is 4.79 Å². The Bertz CT molecular complexity index is 635. The van der Waals surface area contributed by atoms with Crippen molar-refractivity contribution in [2.24, 2.45) is 0 Å². The summed E-state index contributed by atoms with van der Waals surface area (Å²) >= 11 is 1.65. The molecule has 4 nitrogen and oxygen atoms in total. The van der Waals surface area contributed by atoms with E-state index in [-0.39, 0.29) is 11.9 Å². The normalized spacial score (nSPS) is 18.8. The molecule has 1 aliphatic heterocycles. The van der Waals surface area contributed by atoms with Crippen molar-refractivity contribution in [2.75, 3.05) is 6.54 Å². The Labute approximate surface area is 128 Å². The number of hydrogen-bond acceptors (Lipinski definition) is 4. The first-order valence-corrected chi connectivity index (χ1v) is 8.19. The van der Waals surface area contributed by atoms with Gasteiger partial charge in [0.2, 0.25) is 0 Å². The van der Waals surface area contributed by atoms with Gasteiger partial charge in [0.15, 0.2) is 0 Å². The first-order valence-electron chi connectivity index (χ1n) is 7.31. The summed E-state index contributed by atoms with van der Waals surface area (Å²) in [4.78, 5) is 23.6. The molecule has 5 heteroatoms. The highest BCUT2D eigenvalue weighted by Gasteiger charge is 2.30. The summed E-state index contributed by atoms with van der Waals surface area (Å²) in [5, 5.41) is 3.11. The number of amides is 1. The number of aryl methyl sites for hydroxylation is 2. The van der Waals surface area contributed by atoms with E-state index in [1.165, 1.54) is 0 Å². The summed E-state index contributed by atoms with van der Waals surface area (Å²) in [5.74, 6) is 0.0695. The third kappa shape index (κ3) is 2.97. The lowest BCUT2D eigenvalue weighted by atomic mass is 10.0. The van der Waals surface area contributed by atoms with Crippen molar-refractivity contribution in [2.45, 2.75) is 39.2 Å². The zero-order chi connectivity index (χ0) is 14.8. The van der Waals surface area contributed by atoms with Crippen LogP contribution in [-0.2, 0) is 0 Å². The molecule has 2 aromatic heterocycles. The summed E-state index contributed by atoms with van der Waals surface area (Å²) in [6.07, 6.45) is 4.89. The van der Waals surface area contributed by atoms with Crippen LogP contribution in [0.3, 0.4) is 0 Å². The second-order valence-electron chi connectivity index (χ2n) is 5.53. The van der Waals surface area contributed by atoms with E-state index in [4.69, 9.17) is 0 Å². The monoisotopic (exact) mass is 301 g/mol. The average molecular weight is 301 g/mol. The largest absolute Gasteiger partial charge is 0.329 e. The predicted molar refractivity (Wildman–Crippen MR) is 83.5 cm³/mol. The van der Waals surface area contributed by atoms with E-state index in [2.05, 4.69) is 15.3 Å². The molecule has 110 valence electrons. The number of aromatic nitrogens is 2. The highest BCUT2D eigenvalue weighted by Crippen LogP contribution is 2.33. The fourth-order valence-corrected chi connectivity index (χ4v) is 3.66. The smallest absolute Gasteiger partial charge is 0.256 e. The van der Waals surface area contributed by atoms with Crippen molar-refractivity contribution < 1.29 is 4.79 Å². The third-order valence-electron chi connectivity index (χ3n) is 3.84. The number of carbonyl (C=O) groups is 1. The zero-order valence-corrected chi connectivity index (χ0v) is 13.2. The Balaban J connectivity index is 1.87. The lowest BCUT2D eigenvalue weighted by Gasteiger charge is -2.34. The molecule has 21 heavy (non-hydrogen) atoms. The van der Waals surface area contributed by atoms with Crippen LogP contribution in [0.1, 0.15) is 52.1 Å². The molecule has 0 aromatic carbocycles. The van der Waals surface area contributed by atoms with Crippen molar-refractivity contribution in [3.8, 4) is 0 Å². The molecule has 1 saturated heterocycles. The topological polar surface area (TPSA) is 46.1 Å². The molecule has 0 saturated carbocycles. The molecular weight excluding hydrogens is 282 g/mol. The molecule has 1 atom stereocenters. The molecular formula is C16H19N3OS. The second kappa shape index (κ2) is 5.93. The minimum absolute atomic E-state index is 0.0695. The van der Waals surface area contributed by atoms with Gasteiger partial charge in [-0.05, 0) is 45.2 Å². The molecule has 0 spiro atoms. The SMILES string of the molecule is Cc1ccc(C(=O)N2CCCCC2c2nc(C)cs2)cn1. The average Bonchev–Trinajstić information content (AvgIpc) is 2.94. The van der Waals surface area contributed by atoms with Crippen LogP contribution >= 0.6 is 11.3 Å². The molecule has 3 heterocycles. The summed E-state index contributed by atoms with van der Waals surface area (Å²) in [6, 6.07) is 3.87. The number of nitrogens with zero attached hydrogens (tertiary/aromatic N) is 3. The fourth-order valence-electron chi connectivity index (χ4n) is 2.72. The second-order valence-corrected chi connectivity index (χ2v) is 6.42. The first kappa shape index (κ1) is 14.2. The highest BCUT2D eigenvalue weighted by molar-refractivity contribution is 7.09. The van der Waals surface area contributed by atoms with Crippen molar-refractivity contribution >= 4 is 17.2 Å². The number of piperidine rings is 1. The van der Waals surface area contributed by atoms with E-state index in [1.807, 2.05) is 30.9 Å². The minimum Gasteiger partial charge on any atom is -0.329 e. The zero-order valence-electron chi connectivity index (χ0n) is 12.4. The molecule has 1 amide bonds. The Morgan fingerprint density at radius 1 is 1.29 bits per heavy atom. The number of rotatable bonds is 2. The third-order valence-corrected chi connectivity index (χ3v) is 4.91. The Morgan fingerprint density at radius 3 is 2.81 bits per heavy atom. The molecule has 0 bridgehead atoms. The van der Waals surface area contributed by atoms with Crippen molar-refractivity contribution in [1.82, 2.24) is 14.9 Å². The fraction of sp³-hybridized carbons (Fsp3) is 0.438. The lowest BCUT2D eigenvalue weighted by molar-refractivity contribution is 0.0610. The Hall–Kier alpha value is -1.75. The molecule has 0 aliphatic carbocycles. The Kier molecular flexibility index (Phi) is 4.01. The van der Waals surface area contributed by atoms with Gasteiger partial charge in [0.05, 0.1) is 11.6 Å². The summed E-state index contributed by atoms with van der Waals surface area (Å²) in [6.45, 7) is 4.73. The maximum Gasteiger partial charge on any atom is 0.256 e. The van der Waals surface area contributed by atoms with E-state index in [0.717, 1.165) is 42.2 Å². The first-order chi connectivity index (χ1) is 10.1. The lowest BCUT2D eigenvalue weighted by Crippen LogP contribution is -2.38. The van der Waals surface area contributed by atoms with Crippen molar-refractivity contribution in [3.05, 3.63) is 45.7 Å². The molecule has 3 rings (SSSR count). The summed E-state index contributed by atoms with van der Waals surface area (Å²) in [7, 11) is 0. The van der Waals surface area contributed by atoms with Gasteiger partial charge in [0, 0.05) is 29.5 Å². The van der Waals surface area contributed by atoms with Crippen LogP contribution in [0.15, 0.2) is 23.7 Å². The van der Waals surface area contributed by atoms with Gasteiger partial charge in [-0.3, -0.25) is 9.78 Å². The predicted octanol–water partition coefficient (Wildman–Crippen LogP) is 3.52. The van der Waals surface area contributed by atoms with Crippen LogP contribution in [0.2, 0.25) is 0 Å². The molecule has 1 aliphatic rings. The van der Waals surface area contributed by atoms with Crippen LogP contribution in [0.4, 0.5) is 0 Å². The molecule has 1 unspecified atom stereocenters. The van der Waals surface area contributed by atoms with Crippen LogP contribution < -0.4 is 0 Å². The minimum atomic E-state index is 0.0695. The van der Waals surface area contributed by atoms with Crippen molar-refractivity contribution in [1.29, 1.82) is 0 Å². The molecule has 0 N–H and O–H groups in total. The molecule has 2 aromatic rings. The van der Waals surface area contributed by atoms with Gasteiger partial charge < -0.3 is 4.90 Å². The van der Waals surface area contributed by atoms with Crippen LogP contribution in [0.25, 0.3) is 0 Å². The Morgan fingerprint density at radius 2 is 2.14 bits per heavy atom. The van der Waals surface area contributed by atoms with E-state index >= 15 is 0 Å². The number of likely N-dealkylation sites (tertiary alicyclic amines) is 1. The maximum atomic E-state index is 12.8. The number of hydrogen-bond donors (Lipinski definition) is 0. The van der Waals surface area contributed by atoms with Gasteiger partial charge in [-0.1, -0.05) is 0 Å². The van der Waals surface area contributed by atoms with Crippen LogP contribution in [0.5, 0.6) is 0 Å². The number of thiazole rings is 1. The van der Waals surface area contributed by atoms with E-state index in [1.54, 1.807) is 17.5 Å². The number of carbonyl (C=O) groups excluding carboxylic acids is 1. The standard InChI is InChI=1S/C16H19N3OS/c1-11-6-7-13(9-17-11)16(20)19-8-4-3-5-14(19)15-18-12(2)10-21-15/h6-7,9-10,14H,3-5,8H2,1-2H3. The van der Waals surface area contributed by atoms with Gasteiger partial charge in [-0.25, -0.2) is 4.98 Å². The molecule has 1 fully saturated rings. The van der Waals surface area contributed by atoms with Crippen molar-refractivity contribution in [3.63, 3.8) is 0 Å². The van der Waals surface area contributed by atoms with E-state index < -0.39 is 0 Å². The van der Waals surface area contributed by atoms with Gasteiger partial charge >= 0.3 is 0 Å². The maximum absolute atomic E-state index is 12.8. The van der Waals surface area contributed by atoms with Gasteiger partial charge in [-0.15, -0.1) is 11.3 Å². The quantitative estimate of drug-likeness (QED) is 0.852. The van der Waals surface area contributed by atoms with Crippen LogP contribution in [-0.4, -0.2) is 27.3 Å². The summed E-state index contributed by atoms with van der Waals surface area (Å²) < 4.78 is 0. The van der Waals surface area contributed by atoms with Crippen LogP contribution in [0, 0.1) is 13.8 Å². The van der Waals surface area contributed by atoms with E-state index in [0.29, 0.717) is 5.56 Å². The van der Waals surface area contributed by atoms with Gasteiger partial charge in [0.25, 0.3) is 5.91 Å². The highest BCUT2D eigenvalue weighted by atomic mass is 32.1. The molecule has 0 radical (unpaired) electrons. The number of pyridine rings is 1.